The van der Waals surface area contributed by atoms with Gasteiger partial charge >= 0.3 is 5.69 Å². The molecule has 1 saturated carbocycles. The second kappa shape index (κ2) is 8.03. The highest BCUT2D eigenvalue weighted by atomic mass is 16.5. The number of benzene rings is 2. The lowest BCUT2D eigenvalue weighted by Crippen LogP contribution is -2.40. The van der Waals surface area contributed by atoms with E-state index in [1.54, 1.807) is 31.2 Å². The van der Waals surface area contributed by atoms with E-state index in [4.69, 9.17) is 9.47 Å². The van der Waals surface area contributed by atoms with Gasteiger partial charge in [0.25, 0.3) is 5.56 Å². The van der Waals surface area contributed by atoms with Gasteiger partial charge in [0.15, 0.2) is 11.2 Å². The van der Waals surface area contributed by atoms with Crippen LogP contribution in [0.5, 0.6) is 11.5 Å². The Bertz CT molecular complexity index is 1410. The molecule has 0 radical (unpaired) electrons. The summed E-state index contributed by atoms with van der Waals surface area (Å²) in [6.07, 6.45) is 3.68. The monoisotopic (exact) mass is 432 g/mol. The van der Waals surface area contributed by atoms with E-state index in [0.29, 0.717) is 41.6 Å². The molecule has 8 nitrogen and oxygen atoms in total. The number of fused-ring (bicyclic) bond motifs is 1. The highest BCUT2D eigenvalue weighted by molar-refractivity contribution is 5.72. The first-order valence-electron chi connectivity index (χ1n) is 10.6. The summed E-state index contributed by atoms with van der Waals surface area (Å²) >= 11 is 0. The van der Waals surface area contributed by atoms with E-state index >= 15 is 0 Å². The van der Waals surface area contributed by atoms with Crippen LogP contribution in [-0.2, 0) is 13.1 Å². The van der Waals surface area contributed by atoms with E-state index in [1.807, 2.05) is 42.5 Å². The SMILES string of the molecule is COc1cccc(Cn2cnc3c2c(=O)n(CC2CC2)c(=O)n3-c2cccc(OC)c2)c1. The molecule has 0 unspecified atom stereocenters. The van der Waals surface area contributed by atoms with Crippen molar-refractivity contribution in [3.05, 3.63) is 81.3 Å². The first kappa shape index (κ1) is 20.1. The lowest BCUT2D eigenvalue weighted by molar-refractivity contribution is 0.414. The summed E-state index contributed by atoms with van der Waals surface area (Å²) in [7, 11) is 3.20. The van der Waals surface area contributed by atoms with Crippen molar-refractivity contribution < 1.29 is 9.47 Å². The number of hydrogen-bond acceptors (Lipinski definition) is 5. The van der Waals surface area contributed by atoms with Crippen molar-refractivity contribution in [3.63, 3.8) is 0 Å². The van der Waals surface area contributed by atoms with Crippen LogP contribution in [0.1, 0.15) is 18.4 Å². The first-order chi connectivity index (χ1) is 15.6. The zero-order valence-electron chi connectivity index (χ0n) is 18.0. The molecule has 1 fully saturated rings. The normalized spacial score (nSPS) is 13.4. The molecule has 164 valence electrons. The van der Waals surface area contributed by atoms with Crippen molar-refractivity contribution in [1.82, 2.24) is 18.7 Å². The van der Waals surface area contributed by atoms with Crippen LogP contribution in [0.25, 0.3) is 16.9 Å². The van der Waals surface area contributed by atoms with Crippen molar-refractivity contribution in [1.29, 1.82) is 0 Å². The minimum absolute atomic E-state index is 0.309. The summed E-state index contributed by atoms with van der Waals surface area (Å²) in [6, 6.07) is 14.9. The summed E-state index contributed by atoms with van der Waals surface area (Å²) in [5.74, 6) is 1.73. The van der Waals surface area contributed by atoms with Gasteiger partial charge in [-0.3, -0.25) is 9.36 Å². The molecule has 5 rings (SSSR count). The van der Waals surface area contributed by atoms with Crippen molar-refractivity contribution in [2.75, 3.05) is 14.2 Å². The fourth-order valence-corrected chi connectivity index (χ4v) is 3.97. The molecule has 1 aliphatic rings. The average Bonchev–Trinajstić information content (AvgIpc) is 3.55. The van der Waals surface area contributed by atoms with E-state index in [-0.39, 0.29) is 11.2 Å². The Morgan fingerprint density at radius 2 is 1.72 bits per heavy atom. The molecule has 0 amide bonds. The molecule has 2 heterocycles. The van der Waals surface area contributed by atoms with Crippen LogP contribution in [-0.4, -0.2) is 32.9 Å². The second-order valence-electron chi connectivity index (χ2n) is 8.07. The molecule has 0 bridgehead atoms. The minimum atomic E-state index is -0.380. The van der Waals surface area contributed by atoms with Gasteiger partial charge in [0.2, 0.25) is 0 Å². The molecule has 0 saturated heterocycles. The second-order valence-corrected chi connectivity index (χ2v) is 8.07. The van der Waals surface area contributed by atoms with Crippen LogP contribution < -0.4 is 20.7 Å². The lowest BCUT2D eigenvalue weighted by Gasteiger charge is -2.13. The quantitative estimate of drug-likeness (QED) is 0.449. The van der Waals surface area contributed by atoms with E-state index in [1.165, 1.54) is 9.13 Å². The number of rotatable bonds is 7. The first-order valence-corrected chi connectivity index (χ1v) is 10.6. The van der Waals surface area contributed by atoms with E-state index in [0.717, 1.165) is 24.2 Å². The van der Waals surface area contributed by atoms with Gasteiger partial charge in [-0.05, 0) is 48.6 Å². The van der Waals surface area contributed by atoms with Crippen molar-refractivity contribution in [2.24, 2.45) is 5.92 Å². The third-order valence-electron chi connectivity index (χ3n) is 5.84. The maximum Gasteiger partial charge on any atom is 0.337 e. The fourth-order valence-electron chi connectivity index (χ4n) is 3.97. The highest BCUT2D eigenvalue weighted by Gasteiger charge is 2.26. The Morgan fingerprint density at radius 1 is 1.00 bits per heavy atom. The Morgan fingerprint density at radius 3 is 2.44 bits per heavy atom. The molecule has 0 N–H and O–H groups in total. The number of methoxy groups -OCH3 is 2. The Kier molecular flexibility index (Phi) is 5.05. The molecular formula is C24H24N4O4. The van der Waals surface area contributed by atoms with Gasteiger partial charge in [0.1, 0.15) is 11.5 Å². The summed E-state index contributed by atoms with van der Waals surface area (Å²) in [6.45, 7) is 0.852. The van der Waals surface area contributed by atoms with E-state index in [9.17, 15) is 9.59 Å². The highest BCUT2D eigenvalue weighted by Crippen LogP contribution is 2.30. The van der Waals surface area contributed by atoms with E-state index < -0.39 is 0 Å². The van der Waals surface area contributed by atoms with Crippen molar-refractivity contribution in [3.8, 4) is 17.2 Å². The zero-order chi connectivity index (χ0) is 22.2. The van der Waals surface area contributed by atoms with Crippen LogP contribution >= 0.6 is 0 Å². The molecule has 0 aliphatic heterocycles. The van der Waals surface area contributed by atoms with Gasteiger partial charge in [-0.1, -0.05) is 18.2 Å². The third-order valence-corrected chi connectivity index (χ3v) is 5.84. The molecule has 1 aliphatic carbocycles. The van der Waals surface area contributed by atoms with Gasteiger partial charge in [0.05, 0.1) is 26.2 Å². The maximum atomic E-state index is 13.5. The van der Waals surface area contributed by atoms with E-state index in [2.05, 4.69) is 4.98 Å². The molecule has 4 aromatic rings. The summed E-state index contributed by atoms with van der Waals surface area (Å²) in [4.78, 5) is 31.4. The lowest BCUT2D eigenvalue weighted by atomic mass is 10.2. The average molecular weight is 432 g/mol. The van der Waals surface area contributed by atoms with Gasteiger partial charge < -0.3 is 14.0 Å². The molecule has 32 heavy (non-hydrogen) atoms. The number of hydrogen-bond donors (Lipinski definition) is 0. The van der Waals surface area contributed by atoms with Gasteiger partial charge in [-0.25, -0.2) is 14.3 Å². The van der Waals surface area contributed by atoms with Gasteiger partial charge in [-0.2, -0.15) is 0 Å². The molecular weight excluding hydrogens is 408 g/mol. The number of imidazole rings is 1. The topological polar surface area (TPSA) is 80.3 Å². The Labute approximate surface area is 184 Å². The summed E-state index contributed by atoms with van der Waals surface area (Å²) < 4.78 is 15.3. The smallest absolute Gasteiger partial charge is 0.337 e. The predicted octanol–water partition coefficient (Wildman–Crippen LogP) is 2.82. The summed E-state index contributed by atoms with van der Waals surface area (Å²) in [5.41, 5.74) is 1.62. The van der Waals surface area contributed by atoms with Crippen LogP contribution in [0.4, 0.5) is 0 Å². The predicted molar refractivity (Wildman–Crippen MR) is 121 cm³/mol. The van der Waals surface area contributed by atoms with Crippen LogP contribution in [0.2, 0.25) is 0 Å². The molecule has 2 aromatic heterocycles. The maximum absolute atomic E-state index is 13.5. The van der Waals surface area contributed by atoms with Gasteiger partial charge in [-0.15, -0.1) is 0 Å². The van der Waals surface area contributed by atoms with Crippen molar-refractivity contribution >= 4 is 11.2 Å². The molecule has 0 spiro atoms. The van der Waals surface area contributed by atoms with Crippen LogP contribution in [0.15, 0.2) is 64.4 Å². The Balaban J connectivity index is 1.72. The van der Waals surface area contributed by atoms with Gasteiger partial charge in [0, 0.05) is 19.2 Å². The number of ether oxygens (including phenoxy) is 2. The Hall–Kier alpha value is -3.81. The molecule has 0 atom stereocenters. The van der Waals surface area contributed by atoms with Crippen molar-refractivity contribution in [2.45, 2.75) is 25.9 Å². The third kappa shape index (κ3) is 3.57. The minimum Gasteiger partial charge on any atom is -0.497 e. The zero-order valence-corrected chi connectivity index (χ0v) is 18.0. The molecule has 8 heteroatoms. The standard InChI is InChI=1S/C24H24N4O4/c1-31-19-7-3-5-17(11-19)13-26-15-25-22-21(26)23(29)27(14-16-9-10-16)24(30)28(22)18-6-4-8-20(12-18)32-2/h3-8,11-12,15-16H,9-10,13-14H2,1-2H3. The number of nitrogens with zero attached hydrogens (tertiary/aromatic N) is 4. The van der Waals surface area contributed by atoms with Crippen LogP contribution in [0.3, 0.4) is 0 Å². The fraction of sp³-hybridized carbons (Fsp3) is 0.292. The largest absolute Gasteiger partial charge is 0.497 e. The number of aromatic nitrogens is 4. The van der Waals surface area contributed by atoms with Crippen LogP contribution in [0, 0.1) is 5.92 Å². The summed E-state index contributed by atoms with van der Waals surface area (Å²) in [5, 5.41) is 0. The molecule has 2 aromatic carbocycles.